The maximum absolute atomic E-state index is 13.0. The number of benzene rings is 3. The summed E-state index contributed by atoms with van der Waals surface area (Å²) in [5.74, 6) is -2.25. The molecule has 0 saturated heterocycles. The summed E-state index contributed by atoms with van der Waals surface area (Å²) in [7, 11) is 0. The number of hydrogen-bond donors (Lipinski definition) is 1. The van der Waals surface area contributed by atoms with E-state index in [0.29, 0.717) is 78.4 Å². The quantitative estimate of drug-likeness (QED) is 0.0431. The van der Waals surface area contributed by atoms with Crippen molar-refractivity contribution in [3.63, 3.8) is 0 Å². The Morgan fingerprint density at radius 2 is 0.944 bits per heavy atom. The van der Waals surface area contributed by atoms with Crippen LogP contribution in [0.1, 0.15) is 26.3 Å². The van der Waals surface area contributed by atoms with Gasteiger partial charge in [0.1, 0.15) is 13.2 Å². The summed E-state index contributed by atoms with van der Waals surface area (Å²) >= 11 is 0. The second-order valence-electron chi connectivity index (χ2n) is 11.0. The highest BCUT2D eigenvalue weighted by atomic mass is 19.4. The second-order valence-corrected chi connectivity index (χ2v) is 11.0. The minimum atomic E-state index is -4.48. The van der Waals surface area contributed by atoms with Gasteiger partial charge < -0.3 is 47.9 Å². The number of carbonyl (C=O) groups is 3. The number of nitrogens with one attached hydrogen (secondary N) is 1. The molecule has 0 aromatic heterocycles. The molecule has 54 heavy (non-hydrogen) atoms. The predicted octanol–water partition coefficient (Wildman–Crippen LogP) is 5.15. The lowest BCUT2D eigenvalue weighted by Gasteiger charge is -2.13. The first kappa shape index (κ1) is 44.0. The van der Waals surface area contributed by atoms with Crippen molar-refractivity contribution in [1.29, 1.82) is 0 Å². The topological polar surface area (TPSA) is 146 Å². The smallest absolute Gasteiger partial charge is 0.416 e. The summed E-state index contributed by atoms with van der Waals surface area (Å²) in [6.45, 7) is 4.65. The number of rotatable bonds is 29. The van der Waals surface area contributed by atoms with Crippen molar-refractivity contribution < 1.29 is 70.2 Å². The summed E-state index contributed by atoms with van der Waals surface area (Å²) in [6.07, 6.45) is -4.48. The molecular formula is C38H46F3NO12. The van der Waals surface area contributed by atoms with Crippen LogP contribution in [-0.4, -0.2) is 123 Å². The molecule has 0 saturated carbocycles. The SMILES string of the molecule is O=C(OCCOCCOCCOCCOCCOCCOCCOCCOC(=O)c1ccccc1Nc1cccc(C(F)(F)F)c1)C(=O)c1ccccc1. The van der Waals surface area contributed by atoms with Gasteiger partial charge in [-0.25, -0.2) is 9.59 Å². The molecule has 0 heterocycles. The third-order valence-electron chi connectivity index (χ3n) is 6.99. The molecule has 0 aliphatic carbocycles. The highest BCUT2D eigenvalue weighted by Crippen LogP contribution is 2.32. The molecule has 0 unspecified atom stereocenters. The summed E-state index contributed by atoms with van der Waals surface area (Å²) < 4.78 is 87.2. The lowest BCUT2D eigenvalue weighted by atomic mass is 10.1. The van der Waals surface area contributed by atoms with Gasteiger partial charge in [-0.15, -0.1) is 0 Å². The maximum Gasteiger partial charge on any atom is 0.416 e. The van der Waals surface area contributed by atoms with Crippen LogP contribution >= 0.6 is 0 Å². The van der Waals surface area contributed by atoms with Crippen LogP contribution in [0.25, 0.3) is 0 Å². The number of esters is 2. The number of hydrogen-bond acceptors (Lipinski definition) is 13. The third-order valence-corrected chi connectivity index (χ3v) is 6.99. The van der Waals surface area contributed by atoms with E-state index in [4.69, 9.17) is 42.6 Å². The van der Waals surface area contributed by atoms with E-state index in [1.54, 1.807) is 48.5 Å². The van der Waals surface area contributed by atoms with Crippen molar-refractivity contribution in [3.8, 4) is 0 Å². The number of anilines is 2. The predicted molar refractivity (Wildman–Crippen MR) is 189 cm³/mol. The molecular weight excluding hydrogens is 719 g/mol. The fraction of sp³-hybridized carbons (Fsp3) is 0.447. The van der Waals surface area contributed by atoms with Crippen LogP contribution in [0.15, 0.2) is 78.9 Å². The van der Waals surface area contributed by atoms with Gasteiger partial charge in [-0.2, -0.15) is 13.2 Å². The second kappa shape index (κ2) is 26.4. The molecule has 1 N–H and O–H groups in total. The normalized spacial score (nSPS) is 11.3. The van der Waals surface area contributed by atoms with E-state index in [0.717, 1.165) is 12.1 Å². The van der Waals surface area contributed by atoms with Gasteiger partial charge in [0.2, 0.25) is 0 Å². The number of carbonyl (C=O) groups excluding carboxylic acids is 3. The van der Waals surface area contributed by atoms with Crippen molar-refractivity contribution in [1.82, 2.24) is 0 Å². The van der Waals surface area contributed by atoms with Crippen molar-refractivity contribution in [2.75, 3.05) is 111 Å². The molecule has 0 amide bonds. The van der Waals surface area contributed by atoms with Crippen LogP contribution < -0.4 is 5.32 Å². The van der Waals surface area contributed by atoms with Crippen molar-refractivity contribution in [2.24, 2.45) is 0 Å². The lowest BCUT2D eigenvalue weighted by Crippen LogP contribution is -2.20. The number of para-hydroxylation sites is 1. The van der Waals surface area contributed by atoms with E-state index in [1.807, 2.05) is 0 Å². The van der Waals surface area contributed by atoms with Gasteiger partial charge in [-0.05, 0) is 30.3 Å². The fourth-order valence-corrected chi connectivity index (χ4v) is 4.36. The number of alkyl halides is 3. The average molecular weight is 766 g/mol. The lowest BCUT2D eigenvalue weighted by molar-refractivity contribution is -0.140. The van der Waals surface area contributed by atoms with Gasteiger partial charge in [0, 0.05) is 11.3 Å². The molecule has 0 radical (unpaired) electrons. The summed E-state index contributed by atoms with van der Waals surface area (Å²) in [5.41, 5.74) is 0.150. The summed E-state index contributed by atoms with van der Waals surface area (Å²) in [5, 5.41) is 2.85. The Hall–Kier alpha value is -4.42. The van der Waals surface area contributed by atoms with Gasteiger partial charge in [0.25, 0.3) is 5.78 Å². The standard InChI is InChI=1S/C38H46F3NO12/c39-38(40,41)31-9-6-10-32(29-31)42-34-12-5-4-11-33(34)36(44)53-27-25-51-23-21-49-19-17-47-15-13-46-14-16-48-18-20-50-22-24-52-26-28-54-37(45)35(43)30-7-2-1-3-8-30/h1-12,29,42H,13-28H2. The van der Waals surface area contributed by atoms with Crippen LogP contribution in [0.2, 0.25) is 0 Å². The summed E-state index contributed by atoms with van der Waals surface area (Å²) in [4.78, 5) is 36.2. The van der Waals surface area contributed by atoms with Crippen molar-refractivity contribution in [3.05, 3.63) is 95.6 Å². The van der Waals surface area contributed by atoms with E-state index in [-0.39, 0.29) is 49.8 Å². The first-order valence-corrected chi connectivity index (χ1v) is 17.3. The molecule has 0 aliphatic heterocycles. The average Bonchev–Trinajstić information content (AvgIpc) is 3.17. The zero-order chi connectivity index (χ0) is 38.7. The van der Waals surface area contributed by atoms with Gasteiger partial charge >= 0.3 is 18.1 Å². The Morgan fingerprint density at radius 1 is 0.500 bits per heavy atom. The van der Waals surface area contributed by atoms with Gasteiger partial charge in [-0.1, -0.05) is 48.5 Å². The minimum Gasteiger partial charge on any atom is -0.460 e. The molecule has 0 bridgehead atoms. The number of Topliss-reactive ketones (excluding diaryl/α,β-unsaturated/α-hetero) is 1. The maximum atomic E-state index is 13.0. The van der Waals surface area contributed by atoms with Gasteiger partial charge in [0.15, 0.2) is 0 Å². The Labute approximate surface area is 311 Å². The van der Waals surface area contributed by atoms with Crippen LogP contribution in [-0.2, 0) is 53.6 Å². The van der Waals surface area contributed by atoms with Crippen LogP contribution in [0.4, 0.5) is 24.5 Å². The highest BCUT2D eigenvalue weighted by Gasteiger charge is 2.30. The van der Waals surface area contributed by atoms with Gasteiger partial charge in [0.05, 0.1) is 109 Å². The Bertz CT molecular complexity index is 1510. The number of ketones is 1. The Kier molecular flexibility index (Phi) is 21.5. The summed E-state index contributed by atoms with van der Waals surface area (Å²) in [6, 6.07) is 19.3. The molecule has 0 fully saturated rings. The minimum absolute atomic E-state index is 0.0149. The van der Waals surface area contributed by atoms with Crippen molar-refractivity contribution in [2.45, 2.75) is 6.18 Å². The van der Waals surface area contributed by atoms with Crippen LogP contribution in [0.5, 0.6) is 0 Å². The molecule has 13 nitrogen and oxygen atoms in total. The fourth-order valence-electron chi connectivity index (χ4n) is 4.36. The Balaban J connectivity index is 1.04. The largest absolute Gasteiger partial charge is 0.460 e. The zero-order valence-electron chi connectivity index (χ0n) is 29.9. The van der Waals surface area contributed by atoms with E-state index < -0.39 is 29.5 Å². The molecule has 0 atom stereocenters. The molecule has 0 spiro atoms. The first-order valence-electron chi connectivity index (χ1n) is 17.3. The van der Waals surface area contributed by atoms with Gasteiger partial charge in [-0.3, -0.25) is 4.79 Å². The van der Waals surface area contributed by atoms with E-state index in [2.05, 4.69) is 5.32 Å². The van der Waals surface area contributed by atoms with E-state index in [1.165, 1.54) is 18.2 Å². The number of halogens is 3. The molecule has 16 heteroatoms. The Morgan fingerprint density at radius 3 is 1.44 bits per heavy atom. The van der Waals surface area contributed by atoms with Crippen LogP contribution in [0.3, 0.4) is 0 Å². The molecule has 0 aliphatic rings. The number of ether oxygens (including phenoxy) is 9. The molecule has 296 valence electrons. The highest BCUT2D eigenvalue weighted by molar-refractivity contribution is 6.40. The molecule has 3 aromatic rings. The van der Waals surface area contributed by atoms with Crippen molar-refractivity contribution >= 4 is 29.1 Å². The van der Waals surface area contributed by atoms with E-state index in [9.17, 15) is 27.6 Å². The zero-order valence-corrected chi connectivity index (χ0v) is 29.9. The van der Waals surface area contributed by atoms with Crippen LogP contribution in [0, 0.1) is 0 Å². The first-order chi connectivity index (χ1) is 26.3. The third kappa shape index (κ3) is 18.6. The van der Waals surface area contributed by atoms with E-state index >= 15 is 0 Å². The molecule has 3 aromatic carbocycles. The molecule has 3 rings (SSSR count). The monoisotopic (exact) mass is 765 g/mol.